The number of pyridine rings is 1. The zero-order valence-corrected chi connectivity index (χ0v) is 14.9. The van der Waals surface area contributed by atoms with Crippen molar-refractivity contribution < 1.29 is 9.53 Å². The molecule has 4 rings (SSSR count). The molecule has 132 valence electrons. The lowest BCUT2D eigenvalue weighted by molar-refractivity contribution is -0.145. The zero-order valence-electron chi connectivity index (χ0n) is 14.1. The molecule has 4 aromatic rings. The number of para-hydroxylation sites is 1. The van der Waals surface area contributed by atoms with Crippen molar-refractivity contribution in [1.29, 1.82) is 0 Å². The van der Waals surface area contributed by atoms with E-state index in [1.807, 2.05) is 35.0 Å². The van der Waals surface area contributed by atoms with Crippen LogP contribution in [-0.2, 0) is 22.6 Å². The number of benzene rings is 1. The van der Waals surface area contributed by atoms with Crippen LogP contribution in [0.15, 0.2) is 55.0 Å². The predicted octanol–water partition coefficient (Wildman–Crippen LogP) is 4.54. The summed E-state index contributed by atoms with van der Waals surface area (Å²) in [6, 6.07) is 11.8. The van der Waals surface area contributed by atoms with Crippen molar-refractivity contribution in [3.63, 3.8) is 0 Å². The Kier molecular flexibility index (Phi) is 4.63. The Morgan fingerprint density at radius 2 is 2.08 bits per heavy atom. The van der Waals surface area contributed by atoms with E-state index in [4.69, 9.17) is 16.3 Å². The van der Waals surface area contributed by atoms with Gasteiger partial charge >= 0.3 is 5.97 Å². The van der Waals surface area contributed by atoms with E-state index in [1.54, 1.807) is 12.3 Å². The van der Waals surface area contributed by atoms with E-state index in [-0.39, 0.29) is 12.6 Å². The second kappa shape index (κ2) is 7.22. The normalized spacial score (nSPS) is 11.3. The number of imidazole rings is 1. The molecule has 1 N–H and O–H groups in total. The maximum absolute atomic E-state index is 12.0. The van der Waals surface area contributed by atoms with E-state index in [1.165, 1.54) is 10.9 Å². The van der Waals surface area contributed by atoms with Gasteiger partial charge in [0, 0.05) is 35.9 Å². The van der Waals surface area contributed by atoms with Gasteiger partial charge in [-0.2, -0.15) is 0 Å². The first-order valence-electron chi connectivity index (χ1n) is 8.53. The number of aromatic nitrogens is 3. The van der Waals surface area contributed by atoms with Crippen LogP contribution in [0.1, 0.15) is 24.1 Å². The third-order valence-corrected chi connectivity index (χ3v) is 4.57. The first-order valence-corrected chi connectivity index (χ1v) is 8.90. The van der Waals surface area contributed by atoms with Crippen LogP contribution >= 0.6 is 11.6 Å². The zero-order chi connectivity index (χ0) is 17.9. The number of nitrogens with one attached hydrogen (secondary N) is 1. The summed E-state index contributed by atoms with van der Waals surface area (Å²) in [6.07, 6.45) is 7.58. The molecule has 0 fully saturated rings. The Labute approximate surface area is 155 Å². The molecule has 5 nitrogen and oxygen atoms in total. The Morgan fingerprint density at radius 1 is 1.19 bits per heavy atom. The number of hydrogen-bond donors (Lipinski definition) is 1. The number of esters is 1. The van der Waals surface area contributed by atoms with Gasteiger partial charge in [-0.1, -0.05) is 29.8 Å². The van der Waals surface area contributed by atoms with Crippen LogP contribution in [-0.4, -0.2) is 20.3 Å². The molecule has 0 unspecified atom stereocenters. The van der Waals surface area contributed by atoms with Gasteiger partial charge in [0.05, 0.1) is 10.7 Å². The van der Waals surface area contributed by atoms with Crippen LogP contribution in [0.5, 0.6) is 0 Å². The maximum atomic E-state index is 12.0. The summed E-state index contributed by atoms with van der Waals surface area (Å²) < 4.78 is 7.16. The molecule has 0 aliphatic carbocycles. The maximum Gasteiger partial charge on any atom is 0.306 e. The third kappa shape index (κ3) is 3.58. The Balaban J connectivity index is 1.28. The Bertz CT molecular complexity index is 1070. The molecule has 0 aliphatic heterocycles. The van der Waals surface area contributed by atoms with Crippen molar-refractivity contribution in [3.05, 3.63) is 71.3 Å². The molecule has 0 bridgehead atoms. The second-order valence-electron chi connectivity index (χ2n) is 6.22. The van der Waals surface area contributed by atoms with Gasteiger partial charge < -0.3 is 14.1 Å². The van der Waals surface area contributed by atoms with Gasteiger partial charge in [0.2, 0.25) is 0 Å². The van der Waals surface area contributed by atoms with E-state index in [2.05, 4.69) is 22.1 Å². The summed E-state index contributed by atoms with van der Waals surface area (Å²) in [5.41, 5.74) is 3.83. The molecule has 0 radical (unpaired) electrons. The van der Waals surface area contributed by atoms with Crippen molar-refractivity contribution in [3.8, 4) is 0 Å². The number of fused-ring (bicyclic) bond motifs is 2. The minimum atomic E-state index is -0.208. The summed E-state index contributed by atoms with van der Waals surface area (Å²) in [6.45, 7) is 0.172. The third-order valence-electron chi connectivity index (χ3n) is 4.35. The number of nitrogens with zero attached hydrogens (tertiary/aromatic N) is 2. The van der Waals surface area contributed by atoms with E-state index in [0.717, 1.165) is 24.0 Å². The number of rotatable bonds is 6. The van der Waals surface area contributed by atoms with Crippen LogP contribution in [0.25, 0.3) is 16.6 Å². The lowest BCUT2D eigenvalue weighted by atomic mass is 10.1. The fourth-order valence-corrected chi connectivity index (χ4v) is 3.24. The molecule has 26 heavy (non-hydrogen) atoms. The van der Waals surface area contributed by atoms with Crippen molar-refractivity contribution in [1.82, 2.24) is 14.4 Å². The number of hydrogen-bond acceptors (Lipinski definition) is 3. The van der Waals surface area contributed by atoms with Crippen LogP contribution < -0.4 is 0 Å². The summed E-state index contributed by atoms with van der Waals surface area (Å²) in [5, 5.41) is 1.85. The molecule has 0 atom stereocenters. The van der Waals surface area contributed by atoms with E-state index in [9.17, 15) is 4.79 Å². The van der Waals surface area contributed by atoms with Gasteiger partial charge in [-0.25, -0.2) is 4.98 Å². The molecule has 0 amide bonds. The smallest absolute Gasteiger partial charge is 0.306 e. The monoisotopic (exact) mass is 367 g/mol. The van der Waals surface area contributed by atoms with Crippen molar-refractivity contribution in [2.45, 2.75) is 25.9 Å². The SMILES string of the molecule is O=C(CCCc1c[nH]c2ccccc12)OCc1cn2cc(Cl)ccc2n1. The molecule has 0 spiro atoms. The fourth-order valence-electron chi connectivity index (χ4n) is 3.07. The highest BCUT2D eigenvalue weighted by Crippen LogP contribution is 2.19. The van der Waals surface area contributed by atoms with Crippen LogP contribution in [0, 0.1) is 0 Å². The lowest BCUT2D eigenvalue weighted by Crippen LogP contribution is -2.05. The summed E-state index contributed by atoms with van der Waals surface area (Å²) in [5.74, 6) is -0.208. The molecule has 6 heteroatoms. The molecule has 0 aliphatic rings. The molecule has 0 saturated carbocycles. The number of H-pyrrole nitrogens is 1. The average molecular weight is 368 g/mol. The number of carbonyl (C=O) groups is 1. The number of ether oxygens (including phenoxy) is 1. The number of carbonyl (C=O) groups excluding carboxylic acids is 1. The van der Waals surface area contributed by atoms with Gasteiger partial charge in [0.1, 0.15) is 12.3 Å². The summed E-state index contributed by atoms with van der Waals surface area (Å²) in [4.78, 5) is 19.6. The second-order valence-corrected chi connectivity index (χ2v) is 6.66. The van der Waals surface area contributed by atoms with E-state index < -0.39 is 0 Å². The predicted molar refractivity (Wildman–Crippen MR) is 101 cm³/mol. The van der Waals surface area contributed by atoms with E-state index >= 15 is 0 Å². The minimum Gasteiger partial charge on any atom is -0.459 e. The van der Waals surface area contributed by atoms with Gasteiger partial charge in [-0.3, -0.25) is 4.79 Å². The Morgan fingerprint density at radius 3 is 3.00 bits per heavy atom. The lowest BCUT2D eigenvalue weighted by Gasteiger charge is -2.03. The minimum absolute atomic E-state index is 0.172. The Hall–Kier alpha value is -2.79. The quantitative estimate of drug-likeness (QED) is 0.509. The first kappa shape index (κ1) is 16.7. The van der Waals surface area contributed by atoms with Crippen LogP contribution in [0.2, 0.25) is 5.02 Å². The van der Waals surface area contributed by atoms with Crippen molar-refractivity contribution in [2.24, 2.45) is 0 Å². The largest absolute Gasteiger partial charge is 0.459 e. The molecule has 0 saturated heterocycles. The first-order chi connectivity index (χ1) is 12.7. The van der Waals surface area contributed by atoms with Gasteiger partial charge in [0.25, 0.3) is 0 Å². The molecular formula is C20H18ClN3O2. The van der Waals surface area contributed by atoms with Gasteiger partial charge in [-0.05, 0) is 36.6 Å². The van der Waals surface area contributed by atoms with Crippen molar-refractivity contribution >= 4 is 34.1 Å². The van der Waals surface area contributed by atoms with E-state index in [0.29, 0.717) is 17.1 Å². The standard InChI is InChI=1S/C20H18ClN3O2/c21-15-8-9-19-23-16(12-24(19)11-15)13-26-20(25)7-3-4-14-10-22-18-6-2-1-5-17(14)18/h1-2,5-6,8-12,22H,3-4,7,13H2. The fraction of sp³-hybridized carbons (Fsp3) is 0.200. The average Bonchev–Trinajstić information content (AvgIpc) is 3.23. The van der Waals surface area contributed by atoms with Gasteiger partial charge in [-0.15, -0.1) is 0 Å². The van der Waals surface area contributed by atoms with Crippen LogP contribution in [0.4, 0.5) is 0 Å². The van der Waals surface area contributed by atoms with Gasteiger partial charge in [0.15, 0.2) is 0 Å². The van der Waals surface area contributed by atoms with Crippen LogP contribution in [0.3, 0.4) is 0 Å². The topological polar surface area (TPSA) is 59.4 Å². The molecule has 3 heterocycles. The summed E-state index contributed by atoms with van der Waals surface area (Å²) in [7, 11) is 0. The highest BCUT2D eigenvalue weighted by atomic mass is 35.5. The van der Waals surface area contributed by atoms with Crippen molar-refractivity contribution in [2.75, 3.05) is 0 Å². The number of aryl methyl sites for hydroxylation is 1. The highest BCUT2D eigenvalue weighted by Gasteiger charge is 2.08. The number of halogens is 1. The summed E-state index contributed by atoms with van der Waals surface area (Å²) >= 11 is 5.96. The molecular weight excluding hydrogens is 350 g/mol. The molecule has 3 aromatic heterocycles. The highest BCUT2D eigenvalue weighted by molar-refractivity contribution is 6.30. The molecule has 1 aromatic carbocycles. The number of aromatic amines is 1.